The minimum atomic E-state index is 0.206. The molecule has 146 valence electrons. The van der Waals surface area contributed by atoms with Crippen LogP contribution in [0.15, 0.2) is 66.7 Å². The molecule has 1 fully saturated rings. The van der Waals surface area contributed by atoms with Crippen molar-refractivity contribution in [1.29, 1.82) is 0 Å². The van der Waals surface area contributed by atoms with Gasteiger partial charge < -0.3 is 10.1 Å². The molecule has 3 aromatic rings. The summed E-state index contributed by atoms with van der Waals surface area (Å²) in [5.74, 6) is 0.905. The van der Waals surface area contributed by atoms with Crippen molar-refractivity contribution in [3.63, 3.8) is 0 Å². The van der Waals surface area contributed by atoms with Gasteiger partial charge in [0, 0.05) is 24.5 Å². The summed E-state index contributed by atoms with van der Waals surface area (Å²) < 4.78 is 6.92. The van der Waals surface area contributed by atoms with E-state index in [1.54, 1.807) is 11.3 Å². The lowest BCUT2D eigenvalue weighted by Crippen LogP contribution is -2.32. The molecule has 0 aliphatic carbocycles. The lowest BCUT2D eigenvalue weighted by atomic mass is 10.0. The van der Waals surface area contributed by atoms with Gasteiger partial charge in [0.15, 0.2) is 0 Å². The Balaban J connectivity index is 1.58. The second-order valence-electron chi connectivity index (χ2n) is 7.03. The molecule has 1 atom stereocenters. The van der Waals surface area contributed by atoms with Gasteiger partial charge >= 0.3 is 0 Å². The first-order valence-electron chi connectivity index (χ1n) is 9.76. The zero-order chi connectivity index (χ0) is 19.2. The average molecular weight is 413 g/mol. The van der Waals surface area contributed by atoms with Gasteiger partial charge in [-0.15, -0.1) is 11.3 Å². The first-order chi connectivity index (χ1) is 13.8. The van der Waals surface area contributed by atoms with Crippen molar-refractivity contribution >= 4 is 22.9 Å². The first kappa shape index (κ1) is 19.5. The van der Waals surface area contributed by atoms with E-state index in [0.717, 1.165) is 42.7 Å². The molecule has 2 heterocycles. The molecule has 2 aromatic carbocycles. The fourth-order valence-corrected chi connectivity index (χ4v) is 4.89. The monoisotopic (exact) mass is 412 g/mol. The molecule has 0 saturated carbocycles. The van der Waals surface area contributed by atoms with Crippen LogP contribution >= 0.6 is 22.9 Å². The SMILES string of the molecule is Clc1ccc(C(c2cccc(OCc3ccccc3)c2)N2CCCNCC2)s1. The van der Waals surface area contributed by atoms with E-state index in [1.165, 1.54) is 16.0 Å². The van der Waals surface area contributed by atoms with Gasteiger partial charge in [-0.1, -0.05) is 54.1 Å². The third kappa shape index (κ3) is 4.95. The maximum atomic E-state index is 6.27. The Kier molecular flexibility index (Phi) is 6.65. The van der Waals surface area contributed by atoms with Gasteiger partial charge in [-0.2, -0.15) is 0 Å². The molecule has 1 aliphatic heterocycles. The zero-order valence-electron chi connectivity index (χ0n) is 15.8. The van der Waals surface area contributed by atoms with Crippen molar-refractivity contribution in [2.24, 2.45) is 0 Å². The van der Waals surface area contributed by atoms with Gasteiger partial charge in [-0.3, -0.25) is 4.90 Å². The summed E-state index contributed by atoms with van der Waals surface area (Å²) in [4.78, 5) is 3.84. The van der Waals surface area contributed by atoms with E-state index < -0.39 is 0 Å². The van der Waals surface area contributed by atoms with Crippen LogP contribution in [0, 0.1) is 0 Å². The number of ether oxygens (including phenoxy) is 1. The fourth-order valence-electron chi connectivity index (χ4n) is 3.67. The highest BCUT2D eigenvalue weighted by molar-refractivity contribution is 7.16. The van der Waals surface area contributed by atoms with Gasteiger partial charge in [0.25, 0.3) is 0 Å². The van der Waals surface area contributed by atoms with E-state index >= 15 is 0 Å². The molecule has 1 aromatic heterocycles. The second kappa shape index (κ2) is 9.57. The van der Waals surface area contributed by atoms with Crippen molar-refractivity contribution < 1.29 is 4.74 Å². The lowest BCUT2D eigenvalue weighted by molar-refractivity contribution is 0.242. The molecule has 4 rings (SSSR count). The van der Waals surface area contributed by atoms with Crippen LogP contribution in [0.1, 0.15) is 28.5 Å². The Labute approximate surface area is 175 Å². The highest BCUT2D eigenvalue weighted by Gasteiger charge is 2.25. The van der Waals surface area contributed by atoms with Crippen molar-refractivity contribution in [1.82, 2.24) is 10.2 Å². The Morgan fingerprint density at radius 2 is 1.89 bits per heavy atom. The third-order valence-electron chi connectivity index (χ3n) is 5.03. The van der Waals surface area contributed by atoms with Crippen LogP contribution in [0.2, 0.25) is 4.34 Å². The number of benzene rings is 2. The smallest absolute Gasteiger partial charge is 0.120 e. The minimum absolute atomic E-state index is 0.206. The number of hydrogen-bond donors (Lipinski definition) is 1. The number of thiophene rings is 1. The topological polar surface area (TPSA) is 24.5 Å². The summed E-state index contributed by atoms with van der Waals surface area (Å²) in [5, 5.41) is 3.50. The molecular weight excluding hydrogens is 388 g/mol. The third-order valence-corrected chi connectivity index (χ3v) is 6.31. The summed E-state index contributed by atoms with van der Waals surface area (Å²) >= 11 is 7.94. The maximum absolute atomic E-state index is 6.27. The largest absolute Gasteiger partial charge is 0.489 e. The Bertz CT molecular complexity index is 875. The minimum Gasteiger partial charge on any atom is -0.489 e. The van der Waals surface area contributed by atoms with Gasteiger partial charge in [0.2, 0.25) is 0 Å². The molecule has 0 radical (unpaired) electrons. The predicted octanol–water partition coefficient (Wildman–Crippen LogP) is 5.37. The first-order valence-corrected chi connectivity index (χ1v) is 11.0. The quantitative estimate of drug-likeness (QED) is 0.589. The summed E-state index contributed by atoms with van der Waals surface area (Å²) in [6.45, 7) is 4.76. The van der Waals surface area contributed by atoms with E-state index in [0.29, 0.717) is 6.61 Å². The van der Waals surface area contributed by atoms with Gasteiger partial charge in [-0.05, 0) is 48.4 Å². The standard InChI is InChI=1S/C23H25ClN2OS/c24-22-11-10-21(28-22)23(26-14-5-12-25-13-15-26)19-8-4-9-20(16-19)27-17-18-6-2-1-3-7-18/h1-4,6-11,16,23,25H,5,12-15,17H2. The number of halogens is 1. The molecule has 3 nitrogen and oxygen atoms in total. The molecule has 1 aliphatic rings. The van der Waals surface area contributed by atoms with E-state index in [-0.39, 0.29) is 6.04 Å². The van der Waals surface area contributed by atoms with Crippen LogP contribution in [0.5, 0.6) is 5.75 Å². The van der Waals surface area contributed by atoms with Crippen LogP contribution in [-0.2, 0) is 6.61 Å². The zero-order valence-corrected chi connectivity index (χ0v) is 17.4. The summed E-state index contributed by atoms with van der Waals surface area (Å²) in [6, 6.07) is 23.2. The van der Waals surface area contributed by atoms with Crippen molar-refractivity contribution in [3.8, 4) is 5.75 Å². The molecule has 0 amide bonds. The molecule has 5 heteroatoms. The molecule has 0 bridgehead atoms. The van der Waals surface area contributed by atoms with Gasteiger partial charge in [0.1, 0.15) is 12.4 Å². The lowest BCUT2D eigenvalue weighted by Gasteiger charge is -2.30. The maximum Gasteiger partial charge on any atom is 0.120 e. The van der Waals surface area contributed by atoms with E-state index in [9.17, 15) is 0 Å². The highest BCUT2D eigenvalue weighted by atomic mass is 35.5. The van der Waals surface area contributed by atoms with Crippen LogP contribution < -0.4 is 10.1 Å². The van der Waals surface area contributed by atoms with Crippen LogP contribution in [0.3, 0.4) is 0 Å². The van der Waals surface area contributed by atoms with E-state index in [2.05, 4.69) is 46.6 Å². The molecule has 1 N–H and O–H groups in total. The van der Waals surface area contributed by atoms with Crippen LogP contribution in [-0.4, -0.2) is 31.1 Å². The Hall–Kier alpha value is -1.85. The molecule has 1 unspecified atom stereocenters. The average Bonchev–Trinajstić information content (AvgIpc) is 2.98. The van der Waals surface area contributed by atoms with Gasteiger partial charge in [-0.25, -0.2) is 0 Å². The summed E-state index contributed by atoms with van der Waals surface area (Å²) in [5.41, 5.74) is 2.43. The summed E-state index contributed by atoms with van der Waals surface area (Å²) in [7, 11) is 0. The van der Waals surface area contributed by atoms with Crippen LogP contribution in [0.4, 0.5) is 0 Å². The molecular formula is C23H25ClN2OS. The second-order valence-corrected chi connectivity index (χ2v) is 8.78. The Morgan fingerprint density at radius 3 is 2.71 bits per heavy atom. The number of nitrogens with zero attached hydrogens (tertiary/aromatic N) is 1. The van der Waals surface area contributed by atoms with Crippen LogP contribution in [0.25, 0.3) is 0 Å². The highest BCUT2D eigenvalue weighted by Crippen LogP contribution is 2.36. The number of nitrogens with one attached hydrogen (secondary N) is 1. The van der Waals surface area contributed by atoms with Crippen molar-refractivity contribution in [2.75, 3.05) is 26.2 Å². The van der Waals surface area contributed by atoms with Gasteiger partial charge in [0.05, 0.1) is 10.4 Å². The normalized spacial score (nSPS) is 16.5. The molecule has 28 heavy (non-hydrogen) atoms. The summed E-state index contributed by atoms with van der Waals surface area (Å²) in [6.07, 6.45) is 1.15. The van der Waals surface area contributed by atoms with Crippen molar-refractivity contribution in [3.05, 3.63) is 87.1 Å². The number of hydrogen-bond acceptors (Lipinski definition) is 4. The van der Waals surface area contributed by atoms with Crippen molar-refractivity contribution in [2.45, 2.75) is 19.1 Å². The molecule has 0 spiro atoms. The van der Waals surface area contributed by atoms with E-state index in [1.807, 2.05) is 30.3 Å². The predicted molar refractivity (Wildman–Crippen MR) is 117 cm³/mol. The number of rotatable bonds is 6. The van der Waals surface area contributed by atoms with E-state index in [4.69, 9.17) is 16.3 Å². The Morgan fingerprint density at radius 1 is 1.00 bits per heavy atom. The fraction of sp³-hybridized carbons (Fsp3) is 0.304. The molecule has 1 saturated heterocycles.